The van der Waals surface area contributed by atoms with Gasteiger partial charge in [0, 0.05) is 31.3 Å². The fraction of sp³-hybridized carbons (Fsp3) is 0.833. The zero-order chi connectivity index (χ0) is 16.4. The van der Waals surface area contributed by atoms with Crippen molar-refractivity contribution in [3.63, 3.8) is 0 Å². The Morgan fingerprint density at radius 1 is 1.16 bits per heavy atom. The molecule has 0 bridgehead atoms. The molecule has 4 rings (SSSR count). The van der Waals surface area contributed by atoms with Crippen LogP contribution in [0.5, 0.6) is 0 Å². The van der Waals surface area contributed by atoms with E-state index in [0.717, 1.165) is 57.2 Å². The first kappa shape index (κ1) is 18.6. The molecule has 25 heavy (non-hydrogen) atoms. The van der Waals surface area contributed by atoms with Gasteiger partial charge in [-0.25, -0.2) is 0 Å². The molecule has 1 aromatic heterocycles. The van der Waals surface area contributed by atoms with Crippen LogP contribution in [0.4, 0.5) is 0 Å². The van der Waals surface area contributed by atoms with Crippen LogP contribution in [0.25, 0.3) is 0 Å². The number of carbonyl (C=O) groups is 1. The molecule has 1 atom stereocenters. The number of piperidine rings is 2. The molecule has 3 fully saturated rings. The highest BCUT2D eigenvalue weighted by Crippen LogP contribution is 2.39. The Morgan fingerprint density at radius 3 is 2.72 bits per heavy atom. The van der Waals surface area contributed by atoms with Crippen molar-refractivity contribution in [2.45, 2.75) is 63.2 Å². The topological polar surface area (TPSA) is 71.3 Å². The minimum atomic E-state index is 0. The molecule has 2 aliphatic heterocycles. The number of carbonyl (C=O) groups excluding carboxylic acids is 1. The number of hydrogen-bond donors (Lipinski definition) is 1. The van der Waals surface area contributed by atoms with Gasteiger partial charge in [-0.2, -0.15) is 4.98 Å². The second-order valence-electron chi connectivity index (χ2n) is 7.68. The van der Waals surface area contributed by atoms with Crippen molar-refractivity contribution in [1.82, 2.24) is 20.4 Å². The van der Waals surface area contributed by atoms with Crippen molar-refractivity contribution in [2.24, 2.45) is 5.92 Å². The van der Waals surface area contributed by atoms with Crippen molar-refractivity contribution in [3.8, 4) is 0 Å². The molecule has 1 unspecified atom stereocenters. The molecule has 7 heteroatoms. The number of rotatable bonds is 5. The van der Waals surface area contributed by atoms with Crippen LogP contribution in [0.1, 0.15) is 74.9 Å². The van der Waals surface area contributed by atoms with Gasteiger partial charge in [-0.15, -0.1) is 12.4 Å². The summed E-state index contributed by atoms with van der Waals surface area (Å²) in [6, 6.07) is 0. The Kier molecular flexibility index (Phi) is 6.34. The van der Waals surface area contributed by atoms with Crippen LogP contribution in [-0.2, 0) is 4.79 Å². The third kappa shape index (κ3) is 4.73. The van der Waals surface area contributed by atoms with E-state index in [2.05, 4.69) is 15.5 Å². The van der Waals surface area contributed by atoms with E-state index in [1.807, 2.05) is 4.90 Å². The van der Waals surface area contributed by atoms with Crippen molar-refractivity contribution >= 4 is 18.3 Å². The minimum absolute atomic E-state index is 0. The second-order valence-corrected chi connectivity index (χ2v) is 7.68. The zero-order valence-electron chi connectivity index (χ0n) is 14.8. The third-order valence-corrected chi connectivity index (χ3v) is 5.75. The molecule has 2 saturated heterocycles. The quantitative estimate of drug-likeness (QED) is 0.865. The Bertz CT molecular complexity index is 569. The monoisotopic (exact) mass is 368 g/mol. The van der Waals surface area contributed by atoms with Crippen molar-refractivity contribution in [1.29, 1.82) is 0 Å². The van der Waals surface area contributed by atoms with Gasteiger partial charge in [0.05, 0.1) is 0 Å². The molecular formula is C18H29ClN4O2. The normalized spacial score (nSPS) is 24.8. The molecule has 140 valence electrons. The van der Waals surface area contributed by atoms with E-state index in [-0.39, 0.29) is 18.3 Å². The molecule has 1 amide bonds. The van der Waals surface area contributed by atoms with E-state index in [9.17, 15) is 4.79 Å². The molecule has 3 heterocycles. The fourth-order valence-electron chi connectivity index (χ4n) is 3.98. The summed E-state index contributed by atoms with van der Waals surface area (Å²) in [6.45, 7) is 3.85. The van der Waals surface area contributed by atoms with Crippen LogP contribution in [0.2, 0.25) is 0 Å². The van der Waals surface area contributed by atoms with E-state index < -0.39 is 0 Å². The number of hydrogen-bond acceptors (Lipinski definition) is 5. The Labute approximate surface area is 155 Å². The molecular weight excluding hydrogens is 340 g/mol. The summed E-state index contributed by atoms with van der Waals surface area (Å²) in [6.07, 6.45) is 8.60. The lowest BCUT2D eigenvalue weighted by Gasteiger charge is -2.32. The summed E-state index contributed by atoms with van der Waals surface area (Å²) < 4.78 is 5.39. The molecule has 1 N–H and O–H groups in total. The van der Waals surface area contributed by atoms with Gasteiger partial charge in [0.25, 0.3) is 0 Å². The fourth-order valence-corrected chi connectivity index (χ4v) is 3.98. The first-order chi connectivity index (χ1) is 11.8. The lowest BCUT2D eigenvalue weighted by atomic mass is 9.92. The van der Waals surface area contributed by atoms with Crippen LogP contribution in [0, 0.1) is 5.92 Å². The average Bonchev–Trinajstić information content (AvgIpc) is 3.37. The van der Waals surface area contributed by atoms with Crippen LogP contribution < -0.4 is 5.32 Å². The standard InChI is InChI=1S/C18H28N4O2.ClH/c23-16(6-3-13-7-9-19-10-8-13)22-11-1-2-15(12-22)17-20-18(24-21-17)14-4-5-14;/h13-15,19H,1-12H2;1H. The van der Waals surface area contributed by atoms with E-state index in [1.54, 1.807) is 0 Å². The molecule has 0 spiro atoms. The largest absolute Gasteiger partial charge is 0.342 e. The van der Waals surface area contributed by atoms with Gasteiger partial charge in [0.2, 0.25) is 11.8 Å². The summed E-state index contributed by atoms with van der Waals surface area (Å²) >= 11 is 0. The number of nitrogens with zero attached hydrogens (tertiary/aromatic N) is 3. The predicted molar refractivity (Wildman–Crippen MR) is 96.9 cm³/mol. The van der Waals surface area contributed by atoms with E-state index in [1.165, 1.54) is 25.7 Å². The average molecular weight is 369 g/mol. The van der Waals surface area contributed by atoms with Gasteiger partial charge in [-0.05, 0) is 64.0 Å². The highest BCUT2D eigenvalue weighted by molar-refractivity contribution is 5.85. The van der Waals surface area contributed by atoms with Gasteiger partial charge in [0.1, 0.15) is 0 Å². The number of nitrogens with one attached hydrogen (secondary N) is 1. The number of likely N-dealkylation sites (tertiary alicyclic amines) is 1. The third-order valence-electron chi connectivity index (χ3n) is 5.75. The van der Waals surface area contributed by atoms with Gasteiger partial charge in [-0.3, -0.25) is 4.79 Å². The molecule has 1 saturated carbocycles. The first-order valence-electron chi connectivity index (χ1n) is 9.61. The number of aromatic nitrogens is 2. The maximum Gasteiger partial charge on any atom is 0.229 e. The summed E-state index contributed by atoms with van der Waals surface area (Å²) in [5.74, 6) is 3.39. The maximum atomic E-state index is 12.6. The van der Waals surface area contributed by atoms with Crippen molar-refractivity contribution in [3.05, 3.63) is 11.7 Å². The lowest BCUT2D eigenvalue weighted by molar-refractivity contribution is -0.132. The van der Waals surface area contributed by atoms with Gasteiger partial charge in [-0.1, -0.05) is 5.16 Å². The van der Waals surface area contributed by atoms with E-state index >= 15 is 0 Å². The van der Waals surface area contributed by atoms with E-state index in [0.29, 0.717) is 24.2 Å². The van der Waals surface area contributed by atoms with Gasteiger partial charge in [0.15, 0.2) is 5.82 Å². The van der Waals surface area contributed by atoms with Crippen LogP contribution in [0.3, 0.4) is 0 Å². The number of amides is 1. The predicted octanol–water partition coefficient (Wildman–Crippen LogP) is 2.85. The minimum Gasteiger partial charge on any atom is -0.342 e. The summed E-state index contributed by atoms with van der Waals surface area (Å²) in [5, 5.41) is 7.57. The molecule has 0 radical (unpaired) electrons. The lowest BCUT2D eigenvalue weighted by Crippen LogP contribution is -2.39. The smallest absolute Gasteiger partial charge is 0.229 e. The van der Waals surface area contributed by atoms with Gasteiger partial charge < -0.3 is 14.7 Å². The Morgan fingerprint density at radius 2 is 1.96 bits per heavy atom. The highest BCUT2D eigenvalue weighted by atomic mass is 35.5. The highest BCUT2D eigenvalue weighted by Gasteiger charge is 2.33. The summed E-state index contributed by atoms with van der Waals surface area (Å²) in [7, 11) is 0. The maximum absolute atomic E-state index is 12.6. The number of halogens is 1. The molecule has 1 aliphatic carbocycles. The zero-order valence-corrected chi connectivity index (χ0v) is 15.6. The van der Waals surface area contributed by atoms with Crippen molar-refractivity contribution in [2.75, 3.05) is 26.2 Å². The molecule has 6 nitrogen and oxygen atoms in total. The Balaban J connectivity index is 0.00000182. The molecule has 1 aromatic rings. The summed E-state index contributed by atoms with van der Waals surface area (Å²) in [4.78, 5) is 19.2. The van der Waals surface area contributed by atoms with Crippen LogP contribution in [0.15, 0.2) is 4.52 Å². The second kappa shape index (κ2) is 8.49. The van der Waals surface area contributed by atoms with E-state index in [4.69, 9.17) is 4.52 Å². The molecule has 0 aromatic carbocycles. The van der Waals surface area contributed by atoms with Crippen LogP contribution >= 0.6 is 12.4 Å². The SMILES string of the molecule is Cl.O=C(CCC1CCNCC1)N1CCCC(c2noc(C3CC3)n2)C1. The van der Waals surface area contributed by atoms with Crippen molar-refractivity contribution < 1.29 is 9.32 Å². The van der Waals surface area contributed by atoms with Crippen LogP contribution in [-0.4, -0.2) is 47.1 Å². The molecule has 3 aliphatic rings. The first-order valence-corrected chi connectivity index (χ1v) is 9.61. The summed E-state index contributed by atoms with van der Waals surface area (Å²) in [5.41, 5.74) is 0. The Hall–Kier alpha value is -1.14. The van der Waals surface area contributed by atoms with Gasteiger partial charge >= 0.3 is 0 Å².